The summed E-state index contributed by atoms with van der Waals surface area (Å²) in [4.78, 5) is 65.2. The van der Waals surface area contributed by atoms with Gasteiger partial charge in [0, 0.05) is 25.2 Å². The first-order valence-electron chi connectivity index (χ1n) is 14.6. The van der Waals surface area contributed by atoms with Gasteiger partial charge in [0.15, 0.2) is 17.3 Å². The number of likely N-dealkylation sites (tertiary alicyclic amines) is 1. The molecule has 0 aromatic heterocycles. The highest BCUT2D eigenvalue weighted by Crippen LogP contribution is 2.32. The van der Waals surface area contributed by atoms with Gasteiger partial charge in [0.2, 0.25) is 11.8 Å². The maximum absolute atomic E-state index is 12.9. The lowest BCUT2D eigenvalue weighted by atomic mass is 9.97. The molecule has 2 amide bonds. The number of nitrogens with one attached hydrogen (secondary N) is 2. The summed E-state index contributed by atoms with van der Waals surface area (Å²) in [6.07, 6.45) is 1.64. The Hall–Kier alpha value is -4.05. The number of Topliss-reactive ketones (excluding diaryl/α,β-unsaturated/α-hetero) is 1. The third kappa shape index (κ3) is 9.74. The Bertz CT molecular complexity index is 1330. The molecule has 10 nitrogen and oxygen atoms in total. The van der Waals surface area contributed by atoms with Crippen LogP contribution in [0, 0.1) is 10.8 Å². The van der Waals surface area contributed by atoms with Crippen molar-refractivity contribution < 1.29 is 33.4 Å². The van der Waals surface area contributed by atoms with Crippen LogP contribution in [0.2, 0.25) is 0 Å². The van der Waals surface area contributed by atoms with Crippen molar-refractivity contribution in [1.29, 1.82) is 0 Å². The maximum Gasteiger partial charge on any atom is 0.316 e. The minimum atomic E-state index is -0.817. The molecule has 1 saturated heterocycles. The Morgan fingerprint density at radius 2 is 1.47 bits per heavy atom. The Morgan fingerprint density at radius 3 is 2.09 bits per heavy atom. The van der Waals surface area contributed by atoms with Crippen molar-refractivity contribution in [3.63, 3.8) is 0 Å². The second-order valence-electron chi connectivity index (χ2n) is 12.7. The number of carbonyl (C=O) groups excluding carboxylic acids is 5. The number of benzene rings is 2. The van der Waals surface area contributed by atoms with Crippen molar-refractivity contribution in [2.24, 2.45) is 10.8 Å². The van der Waals surface area contributed by atoms with E-state index in [1.54, 1.807) is 46.4 Å². The van der Waals surface area contributed by atoms with Gasteiger partial charge in [-0.25, -0.2) is 0 Å². The first-order valence-corrected chi connectivity index (χ1v) is 14.6. The number of rotatable bonds is 11. The number of hydrogen-bond acceptors (Lipinski definition) is 8. The second kappa shape index (κ2) is 14.4. The highest BCUT2D eigenvalue weighted by Gasteiger charge is 2.34. The number of esters is 2. The Kier molecular flexibility index (Phi) is 11.2. The Balaban J connectivity index is 1.53. The molecule has 0 aliphatic carbocycles. The lowest BCUT2D eigenvalue weighted by Gasteiger charge is -2.24. The van der Waals surface area contributed by atoms with E-state index in [1.165, 1.54) is 18.2 Å². The highest BCUT2D eigenvalue weighted by atomic mass is 16.6. The summed E-state index contributed by atoms with van der Waals surface area (Å²) in [6, 6.07) is 13.3. The summed E-state index contributed by atoms with van der Waals surface area (Å²) in [6.45, 7) is 11.3. The zero-order valence-electron chi connectivity index (χ0n) is 26.0. The molecular weight excluding hydrogens is 550 g/mol. The van der Waals surface area contributed by atoms with Crippen molar-refractivity contribution in [2.45, 2.75) is 66.8 Å². The van der Waals surface area contributed by atoms with E-state index < -0.39 is 28.8 Å². The third-order valence-corrected chi connectivity index (χ3v) is 6.86. The fourth-order valence-electron chi connectivity index (χ4n) is 4.26. The van der Waals surface area contributed by atoms with Crippen LogP contribution < -0.4 is 20.1 Å². The average molecular weight is 594 g/mol. The molecule has 1 aliphatic heterocycles. The smallest absolute Gasteiger partial charge is 0.316 e. The van der Waals surface area contributed by atoms with Crippen molar-refractivity contribution >= 4 is 29.5 Å². The molecule has 3 rings (SSSR count). The molecular formula is C33H43N3O7. The number of hydrogen-bond donors (Lipinski definition) is 2. The molecule has 0 saturated carbocycles. The van der Waals surface area contributed by atoms with Crippen LogP contribution in [0.25, 0.3) is 0 Å². The van der Waals surface area contributed by atoms with Crippen LogP contribution in [0.15, 0.2) is 48.5 Å². The van der Waals surface area contributed by atoms with E-state index in [0.717, 1.165) is 12.0 Å². The molecule has 1 heterocycles. The molecule has 0 radical (unpaired) electrons. The fourth-order valence-corrected chi connectivity index (χ4v) is 4.26. The average Bonchev–Trinajstić information content (AvgIpc) is 3.43. The molecule has 43 heavy (non-hydrogen) atoms. The van der Waals surface area contributed by atoms with Crippen molar-refractivity contribution in [2.75, 3.05) is 26.2 Å². The summed E-state index contributed by atoms with van der Waals surface area (Å²) < 4.78 is 11.0. The maximum atomic E-state index is 12.9. The van der Waals surface area contributed by atoms with E-state index in [2.05, 4.69) is 10.6 Å². The quantitative estimate of drug-likeness (QED) is 0.175. The SMILES string of the molecule is CC(C)(C)C(=O)Oc1ccc(C(=O)CNCCNC(=O)[C@H]2CCCN2C(=O)Cc2ccccc2)cc1OC(=O)C(C)(C)C. The predicted octanol–water partition coefficient (Wildman–Crippen LogP) is 3.71. The van der Waals surface area contributed by atoms with Crippen molar-refractivity contribution in [3.8, 4) is 11.5 Å². The van der Waals surface area contributed by atoms with Gasteiger partial charge in [0.25, 0.3) is 0 Å². The van der Waals surface area contributed by atoms with Gasteiger partial charge in [0.1, 0.15) is 6.04 Å². The summed E-state index contributed by atoms with van der Waals surface area (Å²) in [7, 11) is 0. The Morgan fingerprint density at radius 1 is 0.837 bits per heavy atom. The molecule has 2 aromatic rings. The van der Waals surface area contributed by atoms with Crippen LogP contribution in [0.1, 0.15) is 70.3 Å². The van der Waals surface area contributed by atoms with Crippen LogP contribution in [-0.2, 0) is 25.6 Å². The van der Waals surface area contributed by atoms with E-state index in [-0.39, 0.29) is 54.2 Å². The monoisotopic (exact) mass is 593 g/mol. The Labute approximate surface area is 253 Å². The zero-order valence-corrected chi connectivity index (χ0v) is 26.0. The second-order valence-corrected chi connectivity index (χ2v) is 12.7. The zero-order chi connectivity index (χ0) is 31.8. The minimum absolute atomic E-state index is 0.0152. The van der Waals surface area contributed by atoms with Gasteiger partial charge < -0.3 is 25.0 Å². The molecule has 1 atom stereocenters. The van der Waals surface area contributed by atoms with Gasteiger partial charge in [-0.15, -0.1) is 0 Å². The molecule has 10 heteroatoms. The van der Waals surface area contributed by atoms with Crippen molar-refractivity contribution in [1.82, 2.24) is 15.5 Å². The van der Waals surface area contributed by atoms with E-state index in [0.29, 0.717) is 19.5 Å². The first-order chi connectivity index (χ1) is 20.2. The lowest BCUT2D eigenvalue weighted by molar-refractivity contribution is -0.145. The molecule has 2 aromatic carbocycles. The lowest BCUT2D eigenvalue weighted by Crippen LogP contribution is -2.47. The largest absolute Gasteiger partial charge is 0.422 e. The normalized spacial score (nSPS) is 15.1. The van der Waals surface area contributed by atoms with Crippen molar-refractivity contribution in [3.05, 3.63) is 59.7 Å². The van der Waals surface area contributed by atoms with Crippen LogP contribution >= 0.6 is 0 Å². The number of ether oxygens (including phenoxy) is 2. The van der Waals surface area contributed by atoms with Gasteiger partial charge in [-0.3, -0.25) is 24.0 Å². The van der Waals surface area contributed by atoms with Gasteiger partial charge in [-0.1, -0.05) is 30.3 Å². The summed E-state index contributed by atoms with van der Waals surface area (Å²) in [5.41, 5.74) is -0.427. The van der Waals surface area contributed by atoms with Crippen LogP contribution in [0.5, 0.6) is 11.5 Å². The first kappa shape index (κ1) is 33.5. The summed E-state index contributed by atoms with van der Waals surface area (Å²) in [5.74, 6) is -1.57. The van der Waals surface area contributed by atoms with Gasteiger partial charge in [-0.05, 0) is 78.1 Å². The van der Waals surface area contributed by atoms with Gasteiger partial charge >= 0.3 is 11.9 Å². The molecule has 2 N–H and O–H groups in total. The molecule has 0 unspecified atom stereocenters. The number of amides is 2. The molecule has 0 spiro atoms. The molecule has 1 aliphatic rings. The molecule has 0 bridgehead atoms. The van der Waals surface area contributed by atoms with Crippen LogP contribution in [0.4, 0.5) is 0 Å². The number of nitrogens with zero attached hydrogens (tertiary/aromatic N) is 1. The molecule has 1 fully saturated rings. The topological polar surface area (TPSA) is 131 Å². The van der Waals surface area contributed by atoms with E-state index in [9.17, 15) is 24.0 Å². The minimum Gasteiger partial charge on any atom is -0.422 e. The summed E-state index contributed by atoms with van der Waals surface area (Å²) >= 11 is 0. The van der Waals surface area contributed by atoms with Gasteiger partial charge in [-0.2, -0.15) is 0 Å². The highest BCUT2D eigenvalue weighted by molar-refractivity contribution is 5.98. The van der Waals surface area contributed by atoms with E-state index in [4.69, 9.17) is 9.47 Å². The van der Waals surface area contributed by atoms with Crippen LogP contribution in [0.3, 0.4) is 0 Å². The van der Waals surface area contributed by atoms with Gasteiger partial charge in [0.05, 0.1) is 23.8 Å². The van der Waals surface area contributed by atoms with E-state index >= 15 is 0 Å². The molecule has 232 valence electrons. The predicted molar refractivity (Wildman–Crippen MR) is 162 cm³/mol. The number of carbonyl (C=O) groups is 5. The standard InChI is InChI=1S/C33H43N3O7/c1-32(2,3)30(40)42-26-15-14-23(20-27(26)43-31(41)33(4,5)6)25(37)21-34-16-17-35-29(39)24-13-10-18-36(24)28(38)19-22-11-8-7-9-12-22/h7-9,11-12,14-15,20,24,34H,10,13,16-19,21H2,1-6H3,(H,35,39)/t24-/m1/s1. The van der Waals surface area contributed by atoms with Crippen LogP contribution in [-0.4, -0.2) is 66.7 Å². The third-order valence-electron chi connectivity index (χ3n) is 6.86. The fraction of sp³-hybridized carbons (Fsp3) is 0.485. The summed E-state index contributed by atoms with van der Waals surface area (Å²) in [5, 5.41) is 5.87. The van der Waals surface area contributed by atoms with E-state index in [1.807, 2.05) is 30.3 Å². The number of ketones is 1.